The number of carbonyl (C=O) groups is 2. The smallest absolute Gasteiger partial charge is 0.308 e. The van der Waals surface area contributed by atoms with Crippen LogP contribution in [0.2, 0.25) is 0 Å². The van der Waals surface area contributed by atoms with Crippen LogP contribution in [0.1, 0.15) is 107 Å². The van der Waals surface area contributed by atoms with E-state index in [4.69, 9.17) is 33.2 Å². The van der Waals surface area contributed by atoms with Crippen LogP contribution in [-0.4, -0.2) is 168 Å². The van der Waals surface area contributed by atoms with Crippen LogP contribution >= 0.6 is 0 Å². The lowest BCUT2D eigenvalue weighted by Gasteiger charge is -2.50. The highest BCUT2D eigenvalue weighted by Crippen LogP contribution is 2.38. The molecule has 4 aliphatic heterocycles. The van der Waals surface area contributed by atoms with E-state index in [9.17, 15) is 30.0 Å². The number of nitrogens with zero attached hydrogens (tertiary/aromatic N) is 2. The van der Waals surface area contributed by atoms with Crippen molar-refractivity contribution in [3.8, 4) is 0 Å². The van der Waals surface area contributed by atoms with Crippen molar-refractivity contribution >= 4 is 12.3 Å². The highest BCUT2D eigenvalue weighted by Gasteiger charge is 2.51. The molecule has 61 heavy (non-hydrogen) atoms. The van der Waals surface area contributed by atoms with Crippen LogP contribution in [0.3, 0.4) is 0 Å². The topological polar surface area (TPSA) is 186 Å². The second-order valence-corrected chi connectivity index (χ2v) is 19.2. The molecule has 4 rings (SSSR count). The summed E-state index contributed by atoms with van der Waals surface area (Å²) in [5.74, 6) is -2.05. The molecule has 0 aromatic rings. The molecule has 3 saturated heterocycles. The molecule has 4 aliphatic rings. The molecule has 3 fully saturated rings. The summed E-state index contributed by atoms with van der Waals surface area (Å²) in [6.45, 7) is 16.9. The van der Waals surface area contributed by atoms with Crippen LogP contribution < -0.4 is 0 Å². The SMILES string of the molecule is CC[C@H]1OC(=O)C[C@H](O)[C@H](C)[C@H](O[C@H]2O[C@H](C)[C@H](O[C@H]3C[C@@](C)(O)[C@H](O)[C@H](C)O3)[C@H](N(C)C)[C@@H]2O)[C@@H](CC=O)C[C@@H](C)[C@@H](O[C@H]2CC[C@H](N(C)C)[C@@H](C)O2)/C=C\C(C)=C\[C@@H]1C. The zero-order valence-electron chi connectivity index (χ0n) is 39.1. The summed E-state index contributed by atoms with van der Waals surface area (Å²) >= 11 is 0. The molecule has 0 unspecified atom stereocenters. The van der Waals surface area contributed by atoms with E-state index in [0.29, 0.717) is 19.3 Å². The lowest BCUT2D eigenvalue weighted by molar-refractivity contribution is -0.342. The van der Waals surface area contributed by atoms with Crippen molar-refractivity contribution < 1.29 is 63.2 Å². The number of cyclic esters (lactones) is 1. The van der Waals surface area contributed by atoms with Gasteiger partial charge in [0.15, 0.2) is 18.9 Å². The third-order valence-corrected chi connectivity index (χ3v) is 13.5. The zero-order valence-corrected chi connectivity index (χ0v) is 39.1. The van der Waals surface area contributed by atoms with Gasteiger partial charge in [0.05, 0.1) is 54.7 Å². The van der Waals surface area contributed by atoms with Crippen molar-refractivity contribution in [2.45, 2.75) is 205 Å². The number of carbonyl (C=O) groups excluding carboxylic acids is 2. The number of ether oxygens (including phenoxy) is 7. The van der Waals surface area contributed by atoms with Crippen LogP contribution in [0.4, 0.5) is 0 Å². The average Bonchev–Trinajstić information content (AvgIpc) is 3.17. The Morgan fingerprint density at radius 3 is 2.15 bits per heavy atom. The van der Waals surface area contributed by atoms with Gasteiger partial charge in [-0.1, -0.05) is 51.5 Å². The second-order valence-electron chi connectivity index (χ2n) is 19.2. The third-order valence-electron chi connectivity index (χ3n) is 13.5. The third kappa shape index (κ3) is 13.6. The summed E-state index contributed by atoms with van der Waals surface area (Å²) in [6, 6.07) is -0.421. The Labute approximate surface area is 365 Å². The first kappa shape index (κ1) is 51.8. The fraction of sp³-hybridized carbons (Fsp3) is 0.870. The largest absolute Gasteiger partial charge is 0.462 e. The molecule has 0 bridgehead atoms. The van der Waals surface area contributed by atoms with Gasteiger partial charge in [-0.25, -0.2) is 0 Å². The van der Waals surface area contributed by atoms with E-state index in [1.807, 2.05) is 37.8 Å². The molecule has 0 amide bonds. The first-order valence-electron chi connectivity index (χ1n) is 22.6. The zero-order chi connectivity index (χ0) is 45.5. The minimum Gasteiger partial charge on any atom is -0.462 e. The monoisotopic (exact) mass is 869 g/mol. The molecule has 4 N–H and O–H groups in total. The summed E-state index contributed by atoms with van der Waals surface area (Å²) in [5.41, 5.74) is -0.484. The van der Waals surface area contributed by atoms with Gasteiger partial charge in [0.25, 0.3) is 0 Å². The Hall–Kier alpha value is -1.86. The van der Waals surface area contributed by atoms with Gasteiger partial charge in [-0.15, -0.1) is 0 Å². The number of likely N-dealkylation sites (N-methyl/N-ethyl adjacent to an activating group) is 2. The molecule has 0 spiro atoms. The summed E-state index contributed by atoms with van der Waals surface area (Å²) < 4.78 is 44.8. The maximum atomic E-state index is 13.4. The number of aliphatic hydroxyl groups excluding tert-OH is 3. The van der Waals surface area contributed by atoms with Crippen molar-refractivity contribution in [2.75, 3.05) is 28.2 Å². The number of rotatable bonds is 11. The number of hydrogen-bond acceptors (Lipinski definition) is 15. The standard InChI is InChI=1S/C46H80N2O13/c1-14-35-26(3)21-25(2)15-17-36(59-38-18-16-33(47(10)11)29(6)55-38)27(4)22-32(19-20-49)42(28(5)34(50)23-37(51)58-35)61-45-41(52)40(48(12)13)43(30(7)57-45)60-39-24-46(9,54)44(53)31(8)56-39/h15,17,20-21,26-36,38-45,50,52-54H,14,16,18-19,22-24H2,1-13H3/b17-15-,25-21+/t26-,27+,28-,29+,30+,31-,32-,33-,34-,35+,36-,38-,39-,40+,41-,42-,43-,44+,45+,46+/m0/s1. The van der Waals surface area contributed by atoms with Crippen molar-refractivity contribution in [1.82, 2.24) is 9.80 Å². The number of aldehydes is 1. The van der Waals surface area contributed by atoms with Crippen molar-refractivity contribution in [1.29, 1.82) is 0 Å². The van der Waals surface area contributed by atoms with E-state index < -0.39 is 103 Å². The van der Waals surface area contributed by atoms with E-state index >= 15 is 0 Å². The maximum absolute atomic E-state index is 13.4. The molecule has 0 aromatic carbocycles. The molecular weight excluding hydrogens is 789 g/mol. The highest BCUT2D eigenvalue weighted by molar-refractivity contribution is 5.70. The molecule has 20 atom stereocenters. The number of hydrogen-bond donors (Lipinski definition) is 4. The van der Waals surface area contributed by atoms with Crippen LogP contribution in [0.5, 0.6) is 0 Å². The minimum atomic E-state index is -1.46. The average molecular weight is 869 g/mol. The lowest BCUT2D eigenvalue weighted by atomic mass is 9.79. The van der Waals surface area contributed by atoms with Gasteiger partial charge in [0.2, 0.25) is 0 Å². The summed E-state index contributed by atoms with van der Waals surface area (Å²) in [4.78, 5) is 29.9. The van der Waals surface area contributed by atoms with Crippen molar-refractivity contribution in [3.05, 3.63) is 23.8 Å². The van der Waals surface area contributed by atoms with E-state index in [1.165, 1.54) is 6.92 Å². The molecule has 0 saturated carbocycles. The van der Waals surface area contributed by atoms with Gasteiger partial charge in [-0.2, -0.15) is 0 Å². The molecule has 0 aliphatic carbocycles. The number of allylic oxidation sites excluding steroid dienone is 2. The summed E-state index contributed by atoms with van der Waals surface area (Å²) in [7, 11) is 7.71. The highest BCUT2D eigenvalue weighted by atomic mass is 16.7. The van der Waals surface area contributed by atoms with Gasteiger partial charge in [-0.3, -0.25) is 4.79 Å². The van der Waals surface area contributed by atoms with Gasteiger partial charge in [0, 0.05) is 30.7 Å². The number of esters is 1. The lowest BCUT2D eigenvalue weighted by Crippen LogP contribution is -2.65. The molecule has 0 radical (unpaired) electrons. The summed E-state index contributed by atoms with van der Waals surface area (Å²) in [6.07, 6.45) is -0.704. The van der Waals surface area contributed by atoms with Gasteiger partial charge in [-0.05, 0) is 100 Å². The molecule has 15 nitrogen and oxygen atoms in total. The maximum Gasteiger partial charge on any atom is 0.308 e. The predicted molar refractivity (Wildman–Crippen MR) is 229 cm³/mol. The van der Waals surface area contributed by atoms with Crippen LogP contribution in [-0.2, 0) is 42.7 Å². The van der Waals surface area contributed by atoms with Crippen LogP contribution in [0, 0.1) is 23.7 Å². The number of aliphatic hydroxyl groups is 4. The fourth-order valence-electron chi connectivity index (χ4n) is 9.85. The van der Waals surface area contributed by atoms with E-state index in [2.05, 4.69) is 38.9 Å². The Morgan fingerprint density at radius 1 is 0.885 bits per heavy atom. The fourth-order valence-corrected chi connectivity index (χ4v) is 9.85. The van der Waals surface area contributed by atoms with Gasteiger partial charge < -0.3 is 68.2 Å². The molecule has 4 heterocycles. The molecule has 352 valence electrons. The minimum absolute atomic E-state index is 0.000458. The van der Waals surface area contributed by atoms with Crippen molar-refractivity contribution in [2.24, 2.45) is 23.7 Å². The second kappa shape index (κ2) is 22.9. The first-order valence-corrected chi connectivity index (χ1v) is 22.6. The van der Waals surface area contributed by atoms with Crippen molar-refractivity contribution in [3.63, 3.8) is 0 Å². The molecular formula is C46H80N2O13. The van der Waals surface area contributed by atoms with Crippen LogP contribution in [0.25, 0.3) is 0 Å². The Balaban J connectivity index is 1.69. The Bertz CT molecular complexity index is 1440. The molecule has 15 heteroatoms. The van der Waals surface area contributed by atoms with Gasteiger partial charge in [0.1, 0.15) is 30.7 Å². The Kier molecular flexibility index (Phi) is 19.4. The quantitative estimate of drug-likeness (QED) is 0.173. The normalized spacial score (nSPS) is 46.4. The Morgan fingerprint density at radius 2 is 1.56 bits per heavy atom. The molecule has 0 aromatic heterocycles. The summed E-state index contributed by atoms with van der Waals surface area (Å²) in [5, 5.41) is 45.3. The first-order chi connectivity index (χ1) is 28.6. The van der Waals surface area contributed by atoms with E-state index in [0.717, 1.165) is 18.3 Å². The predicted octanol–water partition coefficient (Wildman–Crippen LogP) is 3.97. The van der Waals surface area contributed by atoms with E-state index in [-0.39, 0.29) is 43.2 Å². The van der Waals surface area contributed by atoms with Gasteiger partial charge >= 0.3 is 5.97 Å². The van der Waals surface area contributed by atoms with Crippen LogP contribution in [0.15, 0.2) is 23.8 Å². The van der Waals surface area contributed by atoms with E-state index in [1.54, 1.807) is 34.9 Å².